The molecule has 1 N–H and O–H groups in total. The lowest BCUT2D eigenvalue weighted by molar-refractivity contribution is -0.384. The van der Waals surface area contributed by atoms with Gasteiger partial charge in [-0.25, -0.2) is 12.7 Å². The van der Waals surface area contributed by atoms with E-state index in [1.807, 2.05) is 54.6 Å². The number of sulfonamides is 1. The first-order valence-corrected chi connectivity index (χ1v) is 10.5. The smallest absolute Gasteiger partial charge is 0.269 e. The fourth-order valence-electron chi connectivity index (χ4n) is 3.31. The quantitative estimate of drug-likeness (QED) is 0.385. The van der Waals surface area contributed by atoms with E-state index in [2.05, 4.69) is 5.32 Å². The van der Waals surface area contributed by atoms with E-state index in [0.29, 0.717) is 0 Å². The van der Waals surface area contributed by atoms with Gasteiger partial charge in [0.15, 0.2) is 5.11 Å². The molecule has 9 heteroatoms. The maximum atomic E-state index is 13.5. The lowest BCUT2D eigenvalue weighted by Gasteiger charge is -2.38. The Kier molecular flexibility index (Phi) is 4.77. The molecule has 1 unspecified atom stereocenters. The molecule has 1 aliphatic heterocycles. The molecule has 29 heavy (non-hydrogen) atoms. The van der Waals surface area contributed by atoms with Crippen molar-refractivity contribution in [3.05, 3.63) is 100 Å². The number of hydrogen-bond donors (Lipinski definition) is 1. The maximum absolute atomic E-state index is 13.5. The first-order chi connectivity index (χ1) is 13.9. The zero-order valence-electron chi connectivity index (χ0n) is 14.9. The molecule has 0 saturated carbocycles. The molecular weight excluding hydrogens is 410 g/mol. The molecule has 0 radical (unpaired) electrons. The van der Waals surface area contributed by atoms with Crippen LogP contribution in [0, 0.1) is 10.1 Å². The van der Waals surface area contributed by atoms with Gasteiger partial charge in [-0.15, -0.1) is 0 Å². The van der Waals surface area contributed by atoms with Gasteiger partial charge in [0.1, 0.15) is 0 Å². The van der Waals surface area contributed by atoms with Crippen LogP contribution in [0.4, 0.5) is 11.4 Å². The molecular formula is C20H15N3O4S2. The van der Waals surface area contributed by atoms with Gasteiger partial charge < -0.3 is 5.32 Å². The highest BCUT2D eigenvalue weighted by molar-refractivity contribution is 7.91. The molecule has 3 aromatic rings. The van der Waals surface area contributed by atoms with Crippen molar-refractivity contribution in [1.29, 1.82) is 0 Å². The van der Waals surface area contributed by atoms with Gasteiger partial charge >= 0.3 is 0 Å². The summed E-state index contributed by atoms with van der Waals surface area (Å²) in [7, 11) is -4.09. The highest BCUT2D eigenvalue weighted by Gasteiger charge is 2.39. The fourth-order valence-corrected chi connectivity index (χ4v) is 5.31. The molecule has 146 valence electrons. The Morgan fingerprint density at radius 1 is 0.931 bits per heavy atom. The Bertz CT molecular complexity index is 1200. The van der Waals surface area contributed by atoms with Gasteiger partial charge in [-0.05, 0) is 36.0 Å². The Labute approximate surface area is 172 Å². The van der Waals surface area contributed by atoms with Gasteiger partial charge in [0, 0.05) is 23.4 Å². The van der Waals surface area contributed by atoms with Gasteiger partial charge in [-0.3, -0.25) is 10.1 Å². The summed E-state index contributed by atoms with van der Waals surface area (Å²) in [5.74, 6) is 0. The van der Waals surface area contributed by atoms with Crippen molar-refractivity contribution >= 4 is 38.7 Å². The van der Waals surface area contributed by atoms with E-state index in [1.165, 1.54) is 24.3 Å². The molecule has 3 aromatic carbocycles. The highest BCUT2D eigenvalue weighted by Crippen LogP contribution is 2.40. The number of nitrogens with one attached hydrogen (secondary N) is 1. The lowest BCUT2D eigenvalue weighted by Crippen LogP contribution is -2.46. The molecule has 0 bridgehead atoms. The summed E-state index contributed by atoms with van der Waals surface area (Å²) in [5, 5.41) is 13.9. The SMILES string of the molecule is O=[N+]([O-])c1ccc(S(=O)(=O)N2C(=S)Nc3ccccc3C2c2ccccc2)cc1. The van der Waals surface area contributed by atoms with Crippen LogP contribution in [-0.4, -0.2) is 22.8 Å². The van der Waals surface area contributed by atoms with E-state index in [0.717, 1.165) is 21.1 Å². The lowest BCUT2D eigenvalue weighted by atomic mass is 9.96. The van der Waals surface area contributed by atoms with Crippen molar-refractivity contribution in [3.63, 3.8) is 0 Å². The summed E-state index contributed by atoms with van der Waals surface area (Å²) in [6.07, 6.45) is 0. The number of non-ortho nitro benzene ring substituents is 1. The Morgan fingerprint density at radius 3 is 2.21 bits per heavy atom. The number of nitrogens with zero attached hydrogens (tertiary/aromatic N) is 2. The predicted molar refractivity (Wildman–Crippen MR) is 113 cm³/mol. The van der Waals surface area contributed by atoms with Crippen molar-refractivity contribution in [1.82, 2.24) is 4.31 Å². The molecule has 1 aliphatic rings. The van der Waals surface area contributed by atoms with Gasteiger partial charge in [-0.2, -0.15) is 0 Å². The molecule has 0 aromatic heterocycles. The first-order valence-electron chi connectivity index (χ1n) is 8.63. The predicted octanol–water partition coefficient (Wildman–Crippen LogP) is 4.09. The minimum atomic E-state index is -4.09. The number of fused-ring (bicyclic) bond motifs is 1. The third-order valence-corrected chi connectivity index (χ3v) is 6.84. The standard InChI is InChI=1S/C20H15N3O4S2/c24-23(25)15-10-12-16(13-11-15)29(26,27)22-19(14-6-2-1-3-7-14)17-8-4-5-9-18(17)21-20(22)28/h1-13,19H,(H,21,28). The van der Waals surface area contributed by atoms with E-state index >= 15 is 0 Å². The highest BCUT2D eigenvalue weighted by atomic mass is 32.2. The number of anilines is 1. The minimum absolute atomic E-state index is 0.0379. The van der Waals surface area contributed by atoms with Gasteiger partial charge in [0.25, 0.3) is 15.7 Å². The zero-order valence-corrected chi connectivity index (χ0v) is 16.6. The van der Waals surface area contributed by atoms with Crippen LogP contribution in [0.25, 0.3) is 0 Å². The van der Waals surface area contributed by atoms with Crippen molar-refractivity contribution in [2.75, 3.05) is 5.32 Å². The van der Waals surface area contributed by atoms with E-state index < -0.39 is 21.0 Å². The molecule has 1 heterocycles. The molecule has 0 saturated heterocycles. The average molecular weight is 425 g/mol. The van der Waals surface area contributed by atoms with Crippen molar-refractivity contribution in [2.24, 2.45) is 0 Å². The number of rotatable bonds is 4. The summed E-state index contributed by atoms with van der Waals surface area (Å²) in [6.45, 7) is 0. The van der Waals surface area contributed by atoms with Gasteiger partial charge in [0.05, 0.1) is 15.9 Å². The fraction of sp³-hybridized carbons (Fsp3) is 0.0500. The van der Waals surface area contributed by atoms with Crippen LogP contribution in [0.5, 0.6) is 0 Å². The molecule has 0 aliphatic carbocycles. The second-order valence-electron chi connectivity index (χ2n) is 6.38. The molecule has 0 spiro atoms. The van der Waals surface area contributed by atoms with Crippen LogP contribution < -0.4 is 5.32 Å². The summed E-state index contributed by atoms with van der Waals surface area (Å²) >= 11 is 5.42. The summed E-state index contributed by atoms with van der Waals surface area (Å²) in [6, 6.07) is 20.7. The van der Waals surface area contributed by atoms with Crippen LogP contribution in [0.1, 0.15) is 17.2 Å². The van der Waals surface area contributed by atoms with Crippen LogP contribution in [0.2, 0.25) is 0 Å². The third-order valence-electron chi connectivity index (χ3n) is 4.65. The van der Waals surface area contributed by atoms with E-state index in [-0.39, 0.29) is 15.7 Å². The molecule has 0 fully saturated rings. The van der Waals surface area contributed by atoms with Crippen LogP contribution in [-0.2, 0) is 10.0 Å². The number of thiocarbonyl (C=S) groups is 1. The monoisotopic (exact) mass is 425 g/mol. The normalized spacial score (nSPS) is 16.1. The number of nitro groups is 1. The Morgan fingerprint density at radius 2 is 1.55 bits per heavy atom. The maximum Gasteiger partial charge on any atom is 0.269 e. The zero-order chi connectivity index (χ0) is 20.6. The number of para-hydroxylation sites is 1. The molecule has 7 nitrogen and oxygen atoms in total. The van der Waals surface area contributed by atoms with E-state index in [4.69, 9.17) is 12.2 Å². The van der Waals surface area contributed by atoms with Crippen molar-refractivity contribution in [3.8, 4) is 0 Å². The summed E-state index contributed by atoms with van der Waals surface area (Å²) < 4.78 is 28.2. The first kappa shape index (κ1) is 19.0. The number of benzene rings is 3. The molecule has 4 rings (SSSR count). The molecule has 0 amide bonds. The van der Waals surface area contributed by atoms with Gasteiger partial charge in [0.2, 0.25) is 0 Å². The summed E-state index contributed by atoms with van der Waals surface area (Å²) in [4.78, 5) is 10.3. The van der Waals surface area contributed by atoms with Crippen molar-refractivity contribution < 1.29 is 13.3 Å². The second-order valence-corrected chi connectivity index (χ2v) is 8.58. The van der Waals surface area contributed by atoms with E-state index in [1.54, 1.807) is 0 Å². The minimum Gasteiger partial charge on any atom is -0.331 e. The number of nitro benzene ring substituents is 1. The van der Waals surface area contributed by atoms with Crippen LogP contribution in [0.3, 0.4) is 0 Å². The van der Waals surface area contributed by atoms with Crippen LogP contribution >= 0.6 is 12.2 Å². The Balaban J connectivity index is 1.88. The van der Waals surface area contributed by atoms with Crippen molar-refractivity contribution in [2.45, 2.75) is 10.9 Å². The largest absolute Gasteiger partial charge is 0.331 e. The summed E-state index contributed by atoms with van der Waals surface area (Å²) in [5.41, 5.74) is 2.07. The second kappa shape index (κ2) is 7.26. The Hall–Kier alpha value is -3.30. The van der Waals surface area contributed by atoms with Crippen LogP contribution in [0.15, 0.2) is 83.8 Å². The third kappa shape index (κ3) is 3.34. The van der Waals surface area contributed by atoms with Gasteiger partial charge in [-0.1, -0.05) is 48.5 Å². The van der Waals surface area contributed by atoms with E-state index in [9.17, 15) is 18.5 Å². The number of hydrogen-bond acceptors (Lipinski definition) is 5. The molecule has 1 atom stereocenters. The topological polar surface area (TPSA) is 92.5 Å². The average Bonchev–Trinajstić information content (AvgIpc) is 2.73.